The molecule has 1 aromatic carbocycles. The molecule has 0 bridgehead atoms. The fourth-order valence-corrected chi connectivity index (χ4v) is 3.11. The lowest BCUT2D eigenvalue weighted by Gasteiger charge is -2.33. The molecule has 0 aromatic heterocycles. The van der Waals surface area contributed by atoms with Gasteiger partial charge < -0.3 is 10.1 Å². The van der Waals surface area contributed by atoms with Crippen LogP contribution in [-0.2, 0) is 0 Å². The first kappa shape index (κ1) is 16.1. The maximum Gasteiger partial charge on any atom is 0.391 e. The molecule has 1 fully saturated rings. The Hall–Kier alpha value is -1.23. The van der Waals surface area contributed by atoms with Crippen LogP contribution in [0, 0.1) is 5.92 Å². The van der Waals surface area contributed by atoms with E-state index in [4.69, 9.17) is 4.74 Å². The van der Waals surface area contributed by atoms with Crippen molar-refractivity contribution in [2.75, 3.05) is 7.11 Å². The Morgan fingerprint density at radius 1 is 1.24 bits per heavy atom. The van der Waals surface area contributed by atoms with Crippen molar-refractivity contribution in [3.8, 4) is 5.75 Å². The Morgan fingerprint density at radius 3 is 2.62 bits per heavy atom. The quantitative estimate of drug-likeness (QED) is 0.886. The molecular weight excluding hydrogens is 279 g/mol. The topological polar surface area (TPSA) is 21.3 Å². The van der Waals surface area contributed by atoms with E-state index in [-0.39, 0.29) is 24.9 Å². The van der Waals surface area contributed by atoms with Crippen molar-refractivity contribution in [1.29, 1.82) is 0 Å². The summed E-state index contributed by atoms with van der Waals surface area (Å²) in [5, 5.41) is 3.33. The lowest BCUT2D eigenvalue weighted by Crippen LogP contribution is -2.39. The first-order valence-corrected chi connectivity index (χ1v) is 7.37. The number of hydrogen-bond donors (Lipinski definition) is 1. The molecule has 0 aliphatic heterocycles. The van der Waals surface area contributed by atoms with Gasteiger partial charge in [0, 0.05) is 17.6 Å². The zero-order chi connectivity index (χ0) is 15.5. The molecule has 0 amide bonds. The molecule has 1 aliphatic carbocycles. The summed E-state index contributed by atoms with van der Waals surface area (Å²) in [4.78, 5) is 0. The van der Waals surface area contributed by atoms with E-state index in [1.165, 1.54) is 0 Å². The molecule has 5 heteroatoms. The van der Waals surface area contributed by atoms with Gasteiger partial charge in [-0.2, -0.15) is 13.2 Å². The largest absolute Gasteiger partial charge is 0.496 e. The Morgan fingerprint density at radius 2 is 1.95 bits per heavy atom. The molecule has 2 unspecified atom stereocenters. The molecule has 1 aromatic rings. The van der Waals surface area contributed by atoms with E-state index in [9.17, 15) is 13.2 Å². The lowest BCUT2D eigenvalue weighted by atomic mass is 9.84. The van der Waals surface area contributed by atoms with Crippen LogP contribution in [0.3, 0.4) is 0 Å². The third-order valence-corrected chi connectivity index (χ3v) is 4.23. The van der Waals surface area contributed by atoms with Crippen molar-refractivity contribution in [1.82, 2.24) is 5.32 Å². The Bertz CT molecular complexity index is 461. The Kier molecular flexibility index (Phi) is 5.14. The highest BCUT2D eigenvalue weighted by molar-refractivity contribution is 5.35. The summed E-state index contributed by atoms with van der Waals surface area (Å²) in [6.45, 7) is 1.97. The number of hydrogen-bond acceptors (Lipinski definition) is 2. The third-order valence-electron chi connectivity index (χ3n) is 4.23. The fourth-order valence-electron chi connectivity index (χ4n) is 3.11. The minimum absolute atomic E-state index is 0.0295. The SMILES string of the molecule is COc1ccccc1[C@H](C)NC1CCCC(C(F)(F)F)C1. The number of benzene rings is 1. The van der Waals surface area contributed by atoms with Gasteiger partial charge in [-0.05, 0) is 32.3 Å². The van der Waals surface area contributed by atoms with E-state index >= 15 is 0 Å². The van der Waals surface area contributed by atoms with E-state index in [0.717, 1.165) is 17.7 Å². The van der Waals surface area contributed by atoms with E-state index in [1.807, 2.05) is 31.2 Å². The number of alkyl halides is 3. The van der Waals surface area contributed by atoms with Gasteiger partial charge in [-0.25, -0.2) is 0 Å². The molecule has 118 valence electrons. The highest BCUT2D eigenvalue weighted by Crippen LogP contribution is 2.38. The minimum Gasteiger partial charge on any atom is -0.496 e. The van der Waals surface area contributed by atoms with Gasteiger partial charge in [-0.1, -0.05) is 24.6 Å². The van der Waals surface area contributed by atoms with Crippen molar-refractivity contribution in [2.45, 2.75) is 50.9 Å². The number of halogens is 3. The molecule has 3 atom stereocenters. The van der Waals surface area contributed by atoms with Gasteiger partial charge >= 0.3 is 6.18 Å². The van der Waals surface area contributed by atoms with E-state index < -0.39 is 12.1 Å². The van der Waals surface area contributed by atoms with Gasteiger partial charge in [0.25, 0.3) is 0 Å². The Balaban J connectivity index is 2.00. The third kappa shape index (κ3) is 4.13. The van der Waals surface area contributed by atoms with E-state index in [1.54, 1.807) is 7.11 Å². The molecular formula is C16H22F3NO. The van der Waals surface area contributed by atoms with Crippen LogP contribution in [0.25, 0.3) is 0 Å². The summed E-state index contributed by atoms with van der Waals surface area (Å²) in [5.74, 6) is -0.408. The fraction of sp³-hybridized carbons (Fsp3) is 0.625. The number of methoxy groups -OCH3 is 1. The molecule has 1 aliphatic rings. The van der Waals surface area contributed by atoms with Crippen molar-refractivity contribution < 1.29 is 17.9 Å². The van der Waals surface area contributed by atoms with Crippen LogP contribution < -0.4 is 10.1 Å². The normalized spacial score (nSPS) is 24.6. The molecule has 0 spiro atoms. The van der Waals surface area contributed by atoms with Crippen LogP contribution in [0.4, 0.5) is 13.2 Å². The first-order valence-electron chi connectivity index (χ1n) is 7.37. The van der Waals surface area contributed by atoms with E-state index in [2.05, 4.69) is 5.32 Å². The predicted octanol–water partition coefficient (Wildman–Crippen LogP) is 4.47. The van der Waals surface area contributed by atoms with Gasteiger partial charge in [0.15, 0.2) is 0 Å². The zero-order valence-electron chi connectivity index (χ0n) is 12.4. The van der Waals surface area contributed by atoms with Gasteiger partial charge in [0.2, 0.25) is 0 Å². The molecule has 1 N–H and O–H groups in total. The highest BCUT2D eigenvalue weighted by Gasteiger charge is 2.42. The standard InChI is InChI=1S/C16H22F3NO/c1-11(14-8-3-4-9-15(14)21-2)20-13-7-5-6-12(10-13)16(17,18)19/h3-4,8-9,11-13,20H,5-7,10H2,1-2H3/t11-,12?,13?/m0/s1. The maximum absolute atomic E-state index is 12.8. The molecule has 0 radical (unpaired) electrons. The van der Waals surface area contributed by atoms with Crippen molar-refractivity contribution in [3.63, 3.8) is 0 Å². The summed E-state index contributed by atoms with van der Waals surface area (Å²) in [7, 11) is 1.60. The minimum atomic E-state index is -4.08. The van der Waals surface area contributed by atoms with Crippen LogP contribution in [0.15, 0.2) is 24.3 Å². The number of ether oxygens (including phenoxy) is 1. The molecule has 0 heterocycles. The number of rotatable bonds is 4. The summed E-state index contributed by atoms with van der Waals surface area (Å²) in [6.07, 6.45) is -2.23. The zero-order valence-corrected chi connectivity index (χ0v) is 12.4. The van der Waals surface area contributed by atoms with Crippen molar-refractivity contribution >= 4 is 0 Å². The maximum atomic E-state index is 12.8. The summed E-state index contributed by atoms with van der Waals surface area (Å²) < 4.78 is 43.8. The lowest BCUT2D eigenvalue weighted by molar-refractivity contribution is -0.183. The summed E-state index contributed by atoms with van der Waals surface area (Å²) in [5.41, 5.74) is 0.981. The van der Waals surface area contributed by atoms with Gasteiger partial charge in [-0.15, -0.1) is 0 Å². The average Bonchev–Trinajstić information content (AvgIpc) is 2.46. The Labute approximate surface area is 123 Å². The van der Waals surface area contributed by atoms with E-state index in [0.29, 0.717) is 6.42 Å². The monoisotopic (exact) mass is 301 g/mol. The second-order valence-electron chi connectivity index (χ2n) is 5.73. The second-order valence-corrected chi connectivity index (χ2v) is 5.73. The van der Waals surface area contributed by atoms with Crippen LogP contribution >= 0.6 is 0 Å². The predicted molar refractivity (Wildman–Crippen MR) is 76.3 cm³/mol. The molecule has 2 nitrogen and oxygen atoms in total. The average molecular weight is 301 g/mol. The van der Waals surface area contributed by atoms with Crippen LogP contribution in [0.2, 0.25) is 0 Å². The van der Waals surface area contributed by atoms with Crippen molar-refractivity contribution in [2.24, 2.45) is 5.92 Å². The van der Waals surface area contributed by atoms with Gasteiger partial charge in [0.1, 0.15) is 5.75 Å². The number of para-hydroxylation sites is 1. The van der Waals surface area contributed by atoms with Crippen LogP contribution in [0.1, 0.15) is 44.2 Å². The molecule has 1 saturated carbocycles. The van der Waals surface area contributed by atoms with Gasteiger partial charge in [0.05, 0.1) is 13.0 Å². The number of nitrogens with one attached hydrogen (secondary N) is 1. The van der Waals surface area contributed by atoms with Crippen LogP contribution in [-0.4, -0.2) is 19.3 Å². The molecule has 2 rings (SSSR count). The second kappa shape index (κ2) is 6.69. The molecule has 0 saturated heterocycles. The highest BCUT2D eigenvalue weighted by atomic mass is 19.4. The first-order chi connectivity index (χ1) is 9.91. The summed E-state index contributed by atoms with van der Waals surface area (Å²) >= 11 is 0. The molecule has 21 heavy (non-hydrogen) atoms. The smallest absolute Gasteiger partial charge is 0.391 e. The van der Waals surface area contributed by atoms with Gasteiger partial charge in [-0.3, -0.25) is 0 Å². The summed E-state index contributed by atoms with van der Waals surface area (Å²) in [6, 6.07) is 7.49. The van der Waals surface area contributed by atoms with Crippen molar-refractivity contribution in [3.05, 3.63) is 29.8 Å². The van der Waals surface area contributed by atoms with Crippen LogP contribution in [0.5, 0.6) is 5.75 Å².